The number of ether oxygens (including phenoxy) is 1. The van der Waals surface area contributed by atoms with Gasteiger partial charge < -0.3 is 9.64 Å². The van der Waals surface area contributed by atoms with E-state index in [0.29, 0.717) is 23.2 Å². The average molecular weight is 506 g/mol. The van der Waals surface area contributed by atoms with Crippen LogP contribution in [0.2, 0.25) is 5.02 Å². The van der Waals surface area contributed by atoms with Gasteiger partial charge in [0.15, 0.2) is 5.75 Å². The molecule has 4 rings (SSSR count). The summed E-state index contributed by atoms with van der Waals surface area (Å²) in [6.45, 7) is 5.46. The lowest BCUT2D eigenvalue weighted by Gasteiger charge is -2.18. The maximum absolute atomic E-state index is 11.2. The highest BCUT2D eigenvalue weighted by atomic mass is 35.5. The molecule has 6 nitrogen and oxygen atoms in total. The molecule has 0 radical (unpaired) electrons. The van der Waals surface area contributed by atoms with Gasteiger partial charge in [-0.15, -0.1) is 0 Å². The Morgan fingerprint density at radius 1 is 1.24 bits per heavy atom. The molecule has 1 N–H and O–H groups in total. The molecule has 0 unspecified atom stereocenters. The summed E-state index contributed by atoms with van der Waals surface area (Å²) in [5.41, 5.74) is 3.08. The van der Waals surface area contributed by atoms with Crippen molar-refractivity contribution in [3.05, 3.63) is 70.0 Å². The summed E-state index contributed by atoms with van der Waals surface area (Å²) in [6.07, 6.45) is 5.21. The minimum atomic E-state index is -4.03. The van der Waals surface area contributed by atoms with Gasteiger partial charge in [-0.1, -0.05) is 42.0 Å². The topological polar surface area (TPSA) is 70.7 Å². The Bertz CT molecular complexity index is 1350. The lowest BCUT2D eigenvalue weighted by Crippen LogP contribution is -2.33. The predicted octanol–water partition coefficient (Wildman–Crippen LogP) is 5.67. The van der Waals surface area contributed by atoms with Gasteiger partial charge >= 0.3 is 0 Å². The molecule has 0 atom stereocenters. The fraction of sp³-hybridized carbons (Fsp3) is 0.292. The first-order valence-corrected chi connectivity index (χ1v) is 13.6. The van der Waals surface area contributed by atoms with Gasteiger partial charge in [0.1, 0.15) is 11.2 Å². The van der Waals surface area contributed by atoms with Crippen LogP contribution in [0.5, 0.6) is 5.75 Å². The zero-order valence-corrected chi connectivity index (χ0v) is 20.9. The number of fused-ring (bicyclic) bond motifs is 2. The number of hydrogen-bond acceptors (Lipinski definition) is 5. The van der Waals surface area contributed by atoms with Gasteiger partial charge in [0.05, 0.1) is 11.4 Å². The highest BCUT2D eigenvalue weighted by Gasteiger charge is 2.27. The molecule has 1 aliphatic heterocycles. The molecule has 9 heteroatoms. The van der Waals surface area contributed by atoms with Crippen LogP contribution in [0, 0.1) is 0 Å². The van der Waals surface area contributed by atoms with E-state index in [9.17, 15) is 8.42 Å². The normalized spacial score (nSPS) is 15.3. The third-order valence-electron chi connectivity index (χ3n) is 5.46. The van der Waals surface area contributed by atoms with Gasteiger partial charge in [0.25, 0.3) is 15.1 Å². The summed E-state index contributed by atoms with van der Waals surface area (Å²) in [5, 5.41) is 1.72. The molecule has 0 bridgehead atoms. The average Bonchev–Trinajstić information content (AvgIpc) is 3.29. The van der Waals surface area contributed by atoms with Crippen LogP contribution in [0.4, 0.5) is 5.69 Å². The van der Waals surface area contributed by atoms with Crippen LogP contribution in [0.25, 0.3) is 16.3 Å². The molecule has 0 saturated heterocycles. The van der Waals surface area contributed by atoms with Crippen molar-refractivity contribution in [2.45, 2.75) is 33.2 Å². The number of benzene rings is 2. The van der Waals surface area contributed by atoms with Crippen molar-refractivity contribution >= 4 is 55.0 Å². The summed E-state index contributed by atoms with van der Waals surface area (Å²) in [4.78, 5) is 1.91. The molecule has 3 aromatic rings. The number of para-hydroxylation sites is 1. The van der Waals surface area contributed by atoms with E-state index < -0.39 is 10.1 Å². The summed E-state index contributed by atoms with van der Waals surface area (Å²) < 4.78 is 41.2. The van der Waals surface area contributed by atoms with Crippen molar-refractivity contribution in [2.24, 2.45) is 0 Å². The standard InChI is InChI=1S/C24H25ClN2O4S2/c1-3-17(15-24-26(4-2)19-8-5-6-9-22(19)32-24)14-23-27(12-7-13-33(28,29)30)20-16-18(25)10-11-21(20)31-23/h5-6,8-11,14-16H,3-4,7,12-13H2,1-2H3/p+1. The number of thiazole rings is 1. The Morgan fingerprint density at radius 3 is 2.76 bits per heavy atom. The van der Waals surface area contributed by atoms with Crippen molar-refractivity contribution in [1.82, 2.24) is 0 Å². The molecule has 0 saturated carbocycles. The van der Waals surface area contributed by atoms with Crippen LogP contribution >= 0.6 is 22.9 Å². The van der Waals surface area contributed by atoms with Crippen LogP contribution in [-0.2, 0) is 16.7 Å². The zero-order valence-electron chi connectivity index (χ0n) is 18.5. The van der Waals surface area contributed by atoms with Gasteiger partial charge in [-0.25, -0.2) is 0 Å². The predicted molar refractivity (Wildman–Crippen MR) is 135 cm³/mol. The molecule has 2 heterocycles. The minimum Gasteiger partial charge on any atom is -0.439 e. The molecular formula is C24H26ClN2O4S2+. The van der Waals surface area contributed by atoms with E-state index >= 15 is 0 Å². The van der Waals surface area contributed by atoms with E-state index in [-0.39, 0.29) is 12.2 Å². The number of halogens is 1. The third-order valence-corrected chi connectivity index (χ3v) is 7.61. The van der Waals surface area contributed by atoms with E-state index in [1.165, 1.54) is 10.2 Å². The van der Waals surface area contributed by atoms with Crippen molar-refractivity contribution in [1.29, 1.82) is 0 Å². The molecular weight excluding hydrogens is 480 g/mol. The number of nitrogens with zero attached hydrogens (tertiary/aromatic N) is 2. The molecule has 0 spiro atoms. The van der Waals surface area contributed by atoms with Crippen molar-refractivity contribution < 1.29 is 22.3 Å². The van der Waals surface area contributed by atoms with Gasteiger partial charge in [-0.3, -0.25) is 4.55 Å². The lowest BCUT2D eigenvalue weighted by atomic mass is 10.2. The Balaban J connectivity index is 1.70. The molecule has 33 heavy (non-hydrogen) atoms. The number of rotatable bonds is 8. The number of aromatic nitrogens is 1. The van der Waals surface area contributed by atoms with Crippen molar-refractivity contribution in [3.63, 3.8) is 0 Å². The van der Waals surface area contributed by atoms with E-state index in [0.717, 1.165) is 29.2 Å². The van der Waals surface area contributed by atoms with Gasteiger partial charge in [-0.05, 0) is 49.6 Å². The second-order valence-corrected chi connectivity index (χ2v) is 10.8. The van der Waals surface area contributed by atoms with Crippen molar-refractivity contribution in [3.8, 4) is 5.75 Å². The summed E-state index contributed by atoms with van der Waals surface area (Å²) in [7, 11) is -4.03. The van der Waals surface area contributed by atoms with E-state index in [2.05, 4.69) is 42.7 Å². The van der Waals surface area contributed by atoms with Gasteiger partial charge in [-0.2, -0.15) is 13.0 Å². The first kappa shape index (κ1) is 23.8. The Morgan fingerprint density at radius 2 is 2.03 bits per heavy atom. The van der Waals surface area contributed by atoms with Crippen LogP contribution in [0.1, 0.15) is 31.7 Å². The van der Waals surface area contributed by atoms with Gasteiger partial charge in [0.2, 0.25) is 11.4 Å². The third kappa shape index (κ3) is 5.41. The van der Waals surface area contributed by atoms with Crippen LogP contribution in [0.3, 0.4) is 0 Å². The Hall–Kier alpha value is -2.39. The second-order valence-electron chi connectivity index (χ2n) is 7.71. The number of anilines is 1. The highest BCUT2D eigenvalue weighted by Crippen LogP contribution is 2.41. The van der Waals surface area contributed by atoms with Crippen molar-refractivity contribution in [2.75, 3.05) is 17.2 Å². The van der Waals surface area contributed by atoms with E-state index in [1.54, 1.807) is 29.5 Å². The monoisotopic (exact) mass is 505 g/mol. The Kier molecular flexibility index (Phi) is 7.09. The van der Waals surface area contributed by atoms with E-state index in [4.69, 9.17) is 20.9 Å². The molecule has 2 aromatic carbocycles. The number of aryl methyl sites for hydroxylation is 1. The van der Waals surface area contributed by atoms with Crippen LogP contribution in [-0.4, -0.2) is 25.3 Å². The first-order chi connectivity index (χ1) is 15.8. The first-order valence-electron chi connectivity index (χ1n) is 10.8. The maximum atomic E-state index is 11.2. The molecule has 0 fully saturated rings. The zero-order chi connectivity index (χ0) is 23.6. The largest absolute Gasteiger partial charge is 0.439 e. The quantitative estimate of drug-likeness (QED) is 0.315. The van der Waals surface area contributed by atoms with Gasteiger partial charge in [0, 0.05) is 29.8 Å². The Labute approximate surface area is 203 Å². The maximum Gasteiger partial charge on any atom is 0.264 e. The summed E-state index contributed by atoms with van der Waals surface area (Å²) >= 11 is 7.95. The molecule has 1 aromatic heterocycles. The van der Waals surface area contributed by atoms with E-state index in [1.807, 2.05) is 17.0 Å². The SMILES string of the molecule is CCC(=Cc1sc2ccccc2[n+]1CC)C=C1Oc2ccc(Cl)cc2N1CCCS(=O)(=O)O. The molecule has 0 amide bonds. The molecule has 1 aliphatic rings. The molecule has 174 valence electrons. The van der Waals surface area contributed by atoms with Crippen LogP contribution < -0.4 is 14.2 Å². The lowest BCUT2D eigenvalue weighted by molar-refractivity contribution is -0.665. The fourth-order valence-electron chi connectivity index (χ4n) is 3.87. The number of hydrogen-bond donors (Lipinski definition) is 1. The minimum absolute atomic E-state index is 0.253. The fourth-order valence-corrected chi connectivity index (χ4v) is 5.73. The highest BCUT2D eigenvalue weighted by molar-refractivity contribution is 7.85. The number of allylic oxidation sites excluding steroid dienone is 2. The molecule has 0 aliphatic carbocycles. The van der Waals surface area contributed by atoms with Crippen LogP contribution in [0.15, 0.2) is 60.0 Å². The second kappa shape index (κ2) is 9.85. The summed E-state index contributed by atoms with van der Waals surface area (Å²) in [6, 6.07) is 13.7. The summed E-state index contributed by atoms with van der Waals surface area (Å²) in [5.74, 6) is 0.958. The smallest absolute Gasteiger partial charge is 0.264 e.